The van der Waals surface area contributed by atoms with Crippen molar-refractivity contribution in [1.82, 2.24) is 9.78 Å². The highest BCUT2D eigenvalue weighted by atomic mass is 16.5. The third-order valence-corrected chi connectivity index (χ3v) is 3.64. The molecule has 0 radical (unpaired) electrons. The smallest absolute Gasteiger partial charge is 0.267 e. The van der Waals surface area contributed by atoms with Crippen LogP contribution in [0.4, 0.5) is 0 Å². The van der Waals surface area contributed by atoms with E-state index in [0.29, 0.717) is 13.2 Å². The molecule has 23 heavy (non-hydrogen) atoms. The summed E-state index contributed by atoms with van der Waals surface area (Å²) in [6, 6.07) is 21.4. The molecule has 0 amide bonds. The molecule has 0 spiro atoms. The lowest BCUT2D eigenvalue weighted by atomic mass is 10.0. The summed E-state index contributed by atoms with van der Waals surface area (Å²) in [6.45, 7) is 0.885. The highest BCUT2D eigenvalue weighted by molar-refractivity contribution is 5.80. The number of rotatable bonds is 5. The molecule has 4 nitrogen and oxygen atoms in total. The van der Waals surface area contributed by atoms with Gasteiger partial charge in [-0.25, -0.2) is 4.68 Å². The first kappa shape index (κ1) is 15.2. The summed E-state index contributed by atoms with van der Waals surface area (Å²) in [5.74, 6) is 0. The van der Waals surface area contributed by atoms with Crippen molar-refractivity contribution in [3.63, 3.8) is 0 Å². The fourth-order valence-electron chi connectivity index (χ4n) is 2.48. The summed E-state index contributed by atoms with van der Waals surface area (Å²) >= 11 is 0. The number of ether oxygens (including phenoxy) is 1. The lowest BCUT2D eigenvalue weighted by molar-refractivity contribution is 0.182. The number of hydrogen-bond donors (Lipinski definition) is 0. The first-order valence-corrected chi connectivity index (χ1v) is 7.51. The van der Waals surface area contributed by atoms with Crippen LogP contribution in [0.1, 0.15) is 0 Å². The highest BCUT2D eigenvalue weighted by Gasteiger charge is 2.12. The van der Waals surface area contributed by atoms with Crippen molar-refractivity contribution in [1.29, 1.82) is 0 Å². The molecule has 0 N–H and O–H groups in total. The molecular weight excluding hydrogens is 288 g/mol. The molecule has 4 heteroatoms. The Labute approximate surface area is 135 Å². The summed E-state index contributed by atoms with van der Waals surface area (Å²) < 4.78 is 6.52. The van der Waals surface area contributed by atoms with Crippen LogP contribution in [0.3, 0.4) is 0 Å². The van der Waals surface area contributed by atoms with Crippen LogP contribution < -0.4 is 5.56 Å². The van der Waals surface area contributed by atoms with Gasteiger partial charge in [0.2, 0.25) is 0 Å². The van der Waals surface area contributed by atoms with Crippen molar-refractivity contribution in [2.75, 3.05) is 13.7 Å². The number of methoxy groups -OCH3 is 1. The SMILES string of the molecule is COCCn1nc(-c2ccccc2)c(-c2ccccc2)cc1=O. The molecule has 3 aromatic rings. The van der Waals surface area contributed by atoms with Gasteiger partial charge in [-0.1, -0.05) is 60.7 Å². The molecule has 0 unspecified atom stereocenters. The van der Waals surface area contributed by atoms with E-state index in [1.54, 1.807) is 13.2 Å². The molecule has 0 aliphatic heterocycles. The minimum Gasteiger partial charge on any atom is -0.383 e. The topological polar surface area (TPSA) is 44.1 Å². The molecule has 1 heterocycles. The summed E-state index contributed by atoms with van der Waals surface area (Å²) in [6.07, 6.45) is 0. The van der Waals surface area contributed by atoms with Crippen molar-refractivity contribution >= 4 is 0 Å². The maximum atomic E-state index is 12.3. The van der Waals surface area contributed by atoms with Crippen LogP contribution in [-0.2, 0) is 11.3 Å². The fourth-order valence-corrected chi connectivity index (χ4v) is 2.48. The highest BCUT2D eigenvalue weighted by Crippen LogP contribution is 2.28. The summed E-state index contributed by atoms with van der Waals surface area (Å²) in [5.41, 5.74) is 3.48. The van der Waals surface area contributed by atoms with Crippen molar-refractivity contribution in [2.45, 2.75) is 6.54 Å². The Bertz CT molecular complexity index is 827. The van der Waals surface area contributed by atoms with Crippen molar-refractivity contribution in [3.8, 4) is 22.4 Å². The van der Waals surface area contributed by atoms with E-state index in [4.69, 9.17) is 4.74 Å². The van der Waals surface area contributed by atoms with Gasteiger partial charge in [0, 0.05) is 24.3 Å². The minimum absolute atomic E-state index is 0.124. The van der Waals surface area contributed by atoms with E-state index in [1.165, 1.54) is 4.68 Å². The summed E-state index contributed by atoms with van der Waals surface area (Å²) in [4.78, 5) is 12.3. The first-order valence-electron chi connectivity index (χ1n) is 7.51. The Hall–Kier alpha value is -2.72. The lowest BCUT2D eigenvalue weighted by Crippen LogP contribution is -2.25. The largest absolute Gasteiger partial charge is 0.383 e. The van der Waals surface area contributed by atoms with Gasteiger partial charge in [0.1, 0.15) is 0 Å². The van der Waals surface area contributed by atoms with Crippen LogP contribution in [0.15, 0.2) is 71.5 Å². The van der Waals surface area contributed by atoms with E-state index in [0.717, 1.165) is 22.4 Å². The third-order valence-electron chi connectivity index (χ3n) is 3.64. The zero-order chi connectivity index (χ0) is 16.1. The Balaban J connectivity index is 2.18. The molecular formula is C19H18N2O2. The van der Waals surface area contributed by atoms with Crippen LogP contribution in [0.25, 0.3) is 22.4 Å². The van der Waals surface area contributed by atoms with Crippen LogP contribution in [0.2, 0.25) is 0 Å². The van der Waals surface area contributed by atoms with Gasteiger partial charge >= 0.3 is 0 Å². The Morgan fingerprint density at radius 3 is 2.17 bits per heavy atom. The van der Waals surface area contributed by atoms with Gasteiger partial charge in [-0.05, 0) is 5.56 Å². The predicted molar refractivity (Wildman–Crippen MR) is 91.2 cm³/mol. The van der Waals surface area contributed by atoms with Gasteiger partial charge in [-0.3, -0.25) is 4.79 Å². The van der Waals surface area contributed by atoms with Crippen LogP contribution in [0, 0.1) is 0 Å². The molecule has 0 bridgehead atoms. The zero-order valence-electron chi connectivity index (χ0n) is 13.0. The number of nitrogens with zero attached hydrogens (tertiary/aromatic N) is 2. The number of benzene rings is 2. The van der Waals surface area contributed by atoms with Gasteiger partial charge in [0.05, 0.1) is 18.8 Å². The van der Waals surface area contributed by atoms with Gasteiger partial charge in [0.15, 0.2) is 0 Å². The Morgan fingerprint density at radius 2 is 1.57 bits per heavy atom. The average Bonchev–Trinajstić information content (AvgIpc) is 2.62. The Morgan fingerprint density at radius 1 is 0.957 bits per heavy atom. The fraction of sp³-hybridized carbons (Fsp3) is 0.158. The van der Waals surface area contributed by atoms with E-state index in [-0.39, 0.29) is 5.56 Å². The predicted octanol–water partition coefficient (Wildman–Crippen LogP) is 3.22. The van der Waals surface area contributed by atoms with Gasteiger partial charge in [0.25, 0.3) is 5.56 Å². The van der Waals surface area contributed by atoms with Crippen LogP contribution in [0.5, 0.6) is 0 Å². The van der Waals surface area contributed by atoms with Crippen molar-refractivity contribution in [3.05, 3.63) is 77.1 Å². The molecule has 0 aliphatic rings. The molecule has 1 aromatic heterocycles. The molecule has 0 aliphatic carbocycles. The summed E-state index contributed by atoms with van der Waals surface area (Å²) in [5, 5.41) is 4.58. The first-order chi connectivity index (χ1) is 11.3. The average molecular weight is 306 g/mol. The second kappa shape index (κ2) is 7.03. The lowest BCUT2D eigenvalue weighted by Gasteiger charge is -2.12. The molecule has 2 aromatic carbocycles. The molecule has 0 atom stereocenters. The maximum absolute atomic E-state index is 12.3. The normalized spacial score (nSPS) is 10.7. The second-order valence-corrected chi connectivity index (χ2v) is 5.19. The zero-order valence-corrected chi connectivity index (χ0v) is 13.0. The third kappa shape index (κ3) is 3.38. The molecule has 116 valence electrons. The monoisotopic (exact) mass is 306 g/mol. The van der Waals surface area contributed by atoms with E-state index < -0.39 is 0 Å². The molecule has 0 saturated carbocycles. The van der Waals surface area contributed by atoms with Crippen molar-refractivity contribution < 1.29 is 4.74 Å². The summed E-state index contributed by atoms with van der Waals surface area (Å²) in [7, 11) is 1.61. The van der Waals surface area contributed by atoms with Crippen LogP contribution in [-0.4, -0.2) is 23.5 Å². The second-order valence-electron chi connectivity index (χ2n) is 5.19. The quantitative estimate of drug-likeness (QED) is 0.727. The Kier molecular flexibility index (Phi) is 4.64. The molecule has 0 fully saturated rings. The molecule has 3 rings (SSSR count). The van der Waals surface area contributed by atoms with E-state index >= 15 is 0 Å². The molecule has 0 saturated heterocycles. The minimum atomic E-state index is -0.124. The number of aromatic nitrogens is 2. The number of hydrogen-bond acceptors (Lipinski definition) is 3. The van der Waals surface area contributed by atoms with Crippen molar-refractivity contribution in [2.24, 2.45) is 0 Å². The van der Waals surface area contributed by atoms with E-state index in [9.17, 15) is 4.79 Å². The van der Waals surface area contributed by atoms with Gasteiger partial charge in [-0.2, -0.15) is 5.10 Å². The maximum Gasteiger partial charge on any atom is 0.267 e. The van der Waals surface area contributed by atoms with E-state index in [2.05, 4.69) is 5.10 Å². The van der Waals surface area contributed by atoms with Gasteiger partial charge < -0.3 is 4.74 Å². The van der Waals surface area contributed by atoms with E-state index in [1.807, 2.05) is 60.7 Å². The standard InChI is InChI=1S/C19H18N2O2/c1-23-13-12-21-18(22)14-17(15-8-4-2-5-9-15)19(20-21)16-10-6-3-7-11-16/h2-11,14H,12-13H2,1H3. The van der Waals surface area contributed by atoms with Crippen LogP contribution >= 0.6 is 0 Å². The van der Waals surface area contributed by atoms with Gasteiger partial charge in [-0.15, -0.1) is 0 Å².